The molecule has 1 unspecified atom stereocenters. The molecule has 0 aliphatic heterocycles. The minimum Gasteiger partial charge on any atom is -0.360 e. The summed E-state index contributed by atoms with van der Waals surface area (Å²) in [5.41, 5.74) is 5.74. The van der Waals surface area contributed by atoms with Crippen LogP contribution >= 0.6 is 0 Å². The molecule has 0 fully saturated rings. The molecule has 4 nitrogen and oxygen atoms in total. The molecule has 1 aromatic heterocycles. The number of carbonyl (C=O) groups excluding carboxylic acids is 1. The Labute approximate surface area is 77.1 Å². The Morgan fingerprint density at radius 2 is 2.15 bits per heavy atom. The van der Waals surface area contributed by atoms with Gasteiger partial charge in [0.1, 0.15) is 5.76 Å². The Kier molecular flexibility index (Phi) is 2.83. The van der Waals surface area contributed by atoms with Crippen molar-refractivity contribution in [1.82, 2.24) is 5.16 Å². The van der Waals surface area contributed by atoms with Gasteiger partial charge in [-0.25, -0.2) is 0 Å². The number of hydrogen-bond donors (Lipinski definition) is 1. The van der Waals surface area contributed by atoms with Crippen molar-refractivity contribution >= 4 is 5.78 Å². The van der Waals surface area contributed by atoms with Crippen LogP contribution < -0.4 is 5.73 Å². The zero-order valence-corrected chi connectivity index (χ0v) is 8.07. The number of ketones is 1. The summed E-state index contributed by atoms with van der Waals surface area (Å²) in [6, 6.07) is 1.13. The summed E-state index contributed by atoms with van der Waals surface area (Å²) < 4.78 is 4.97. The molecule has 0 amide bonds. The minimum absolute atomic E-state index is 0.185. The van der Waals surface area contributed by atoms with Gasteiger partial charge in [0.15, 0.2) is 5.69 Å². The van der Waals surface area contributed by atoms with E-state index < -0.39 is 6.04 Å². The third kappa shape index (κ3) is 2.15. The summed E-state index contributed by atoms with van der Waals surface area (Å²) >= 11 is 0. The second-order valence-corrected chi connectivity index (χ2v) is 3.42. The molecule has 1 aromatic rings. The molecular weight excluding hydrogens is 168 g/mol. The standard InChI is InChI=1S/C9H14N2O2/c1-5(2)8-4-7(11-13-8)9(12)6(3)10/h4-6H,10H2,1-3H3. The number of nitrogens with zero attached hydrogens (tertiary/aromatic N) is 1. The van der Waals surface area contributed by atoms with Gasteiger partial charge < -0.3 is 10.3 Å². The van der Waals surface area contributed by atoms with Gasteiger partial charge in [-0.3, -0.25) is 4.79 Å². The van der Waals surface area contributed by atoms with Gasteiger partial charge in [0.2, 0.25) is 5.78 Å². The van der Waals surface area contributed by atoms with Crippen LogP contribution in [0.4, 0.5) is 0 Å². The smallest absolute Gasteiger partial charge is 0.201 e. The van der Waals surface area contributed by atoms with Crippen LogP contribution in [-0.4, -0.2) is 17.0 Å². The highest BCUT2D eigenvalue weighted by Gasteiger charge is 2.16. The molecule has 0 saturated heterocycles. The summed E-state index contributed by atoms with van der Waals surface area (Å²) in [6.45, 7) is 5.58. The summed E-state index contributed by atoms with van der Waals surface area (Å²) in [5.74, 6) is 0.766. The van der Waals surface area contributed by atoms with Crippen LogP contribution in [-0.2, 0) is 0 Å². The maximum absolute atomic E-state index is 11.3. The van der Waals surface area contributed by atoms with E-state index in [9.17, 15) is 4.79 Å². The molecule has 4 heteroatoms. The SMILES string of the molecule is CC(N)C(=O)c1cc(C(C)C)on1. The second kappa shape index (κ2) is 3.70. The van der Waals surface area contributed by atoms with Crippen LogP contribution in [0.5, 0.6) is 0 Å². The monoisotopic (exact) mass is 182 g/mol. The van der Waals surface area contributed by atoms with Crippen LogP contribution in [0.3, 0.4) is 0 Å². The molecule has 1 atom stereocenters. The first kappa shape index (κ1) is 9.92. The minimum atomic E-state index is -0.523. The van der Waals surface area contributed by atoms with Crippen LogP contribution in [0.1, 0.15) is 42.9 Å². The molecule has 0 bridgehead atoms. The Bertz CT molecular complexity index is 302. The molecule has 1 heterocycles. The van der Waals surface area contributed by atoms with Gasteiger partial charge in [-0.05, 0) is 6.92 Å². The molecule has 0 saturated carbocycles. The summed E-state index contributed by atoms with van der Waals surface area (Å²) in [6.07, 6.45) is 0. The van der Waals surface area contributed by atoms with Crippen LogP contribution in [0.25, 0.3) is 0 Å². The highest BCUT2D eigenvalue weighted by molar-refractivity contribution is 5.97. The predicted molar refractivity (Wildman–Crippen MR) is 48.6 cm³/mol. The van der Waals surface area contributed by atoms with Gasteiger partial charge >= 0.3 is 0 Å². The number of nitrogens with two attached hydrogens (primary N) is 1. The van der Waals surface area contributed by atoms with E-state index in [4.69, 9.17) is 10.3 Å². The van der Waals surface area contributed by atoms with Crippen molar-refractivity contribution in [3.05, 3.63) is 17.5 Å². The number of aromatic nitrogens is 1. The van der Waals surface area contributed by atoms with Crippen LogP contribution in [0, 0.1) is 0 Å². The van der Waals surface area contributed by atoms with Gasteiger partial charge in [0.05, 0.1) is 6.04 Å². The van der Waals surface area contributed by atoms with E-state index in [0.29, 0.717) is 11.5 Å². The fraction of sp³-hybridized carbons (Fsp3) is 0.556. The highest BCUT2D eigenvalue weighted by atomic mass is 16.5. The Hall–Kier alpha value is -1.16. The summed E-state index contributed by atoms with van der Waals surface area (Å²) in [5, 5.41) is 3.65. The summed E-state index contributed by atoms with van der Waals surface area (Å²) in [4.78, 5) is 11.3. The lowest BCUT2D eigenvalue weighted by Gasteiger charge is -1.97. The van der Waals surface area contributed by atoms with E-state index in [1.54, 1.807) is 13.0 Å². The molecule has 0 spiro atoms. The van der Waals surface area contributed by atoms with Crippen molar-refractivity contribution in [3.8, 4) is 0 Å². The van der Waals surface area contributed by atoms with Gasteiger partial charge in [-0.2, -0.15) is 0 Å². The molecule has 0 radical (unpaired) electrons. The van der Waals surface area contributed by atoms with E-state index in [1.165, 1.54) is 0 Å². The van der Waals surface area contributed by atoms with E-state index >= 15 is 0 Å². The van der Waals surface area contributed by atoms with Crippen molar-refractivity contribution in [2.24, 2.45) is 5.73 Å². The van der Waals surface area contributed by atoms with E-state index in [-0.39, 0.29) is 11.7 Å². The van der Waals surface area contributed by atoms with Gasteiger partial charge in [-0.15, -0.1) is 0 Å². The van der Waals surface area contributed by atoms with Gasteiger partial charge in [0, 0.05) is 12.0 Å². The Morgan fingerprint density at radius 3 is 2.54 bits per heavy atom. The zero-order chi connectivity index (χ0) is 10.0. The molecule has 1 rings (SSSR count). The van der Waals surface area contributed by atoms with Crippen molar-refractivity contribution in [3.63, 3.8) is 0 Å². The zero-order valence-electron chi connectivity index (χ0n) is 8.07. The van der Waals surface area contributed by atoms with Crippen molar-refractivity contribution < 1.29 is 9.32 Å². The van der Waals surface area contributed by atoms with E-state index in [0.717, 1.165) is 0 Å². The normalized spacial score (nSPS) is 13.3. The van der Waals surface area contributed by atoms with E-state index in [2.05, 4.69) is 5.16 Å². The Balaban J connectivity index is 2.86. The fourth-order valence-corrected chi connectivity index (χ4v) is 0.911. The number of Topliss-reactive ketones (excluding diaryl/α,β-unsaturated/α-hetero) is 1. The number of rotatable bonds is 3. The maximum atomic E-state index is 11.3. The second-order valence-electron chi connectivity index (χ2n) is 3.42. The van der Waals surface area contributed by atoms with Crippen LogP contribution in [0.15, 0.2) is 10.6 Å². The first-order valence-electron chi connectivity index (χ1n) is 4.28. The largest absolute Gasteiger partial charge is 0.360 e. The Morgan fingerprint density at radius 1 is 1.54 bits per heavy atom. The molecular formula is C9H14N2O2. The molecule has 0 aromatic carbocycles. The molecule has 0 aliphatic carbocycles. The van der Waals surface area contributed by atoms with Crippen molar-refractivity contribution in [2.45, 2.75) is 32.7 Å². The predicted octanol–water partition coefficient (Wildman–Crippen LogP) is 1.33. The van der Waals surface area contributed by atoms with Gasteiger partial charge in [0.25, 0.3) is 0 Å². The highest BCUT2D eigenvalue weighted by Crippen LogP contribution is 2.15. The first-order valence-corrected chi connectivity index (χ1v) is 4.28. The molecule has 2 N–H and O–H groups in total. The molecule has 72 valence electrons. The quantitative estimate of drug-likeness (QED) is 0.716. The first-order chi connectivity index (χ1) is 6.02. The van der Waals surface area contributed by atoms with Crippen molar-refractivity contribution in [2.75, 3.05) is 0 Å². The topological polar surface area (TPSA) is 69.1 Å². The fourth-order valence-electron chi connectivity index (χ4n) is 0.911. The lowest BCUT2D eigenvalue weighted by Crippen LogP contribution is -2.26. The maximum Gasteiger partial charge on any atom is 0.201 e. The molecule has 13 heavy (non-hydrogen) atoms. The molecule has 0 aliphatic rings. The summed E-state index contributed by atoms with van der Waals surface area (Å²) in [7, 11) is 0. The third-order valence-electron chi connectivity index (χ3n) is 1.76. The van der Waals surface area contributed by atoms with Crippen molar-refractivity contribution in [1.29, 1.82) is 0 Å². The van der Waals surface area contributed by atoms with Gasteiger partial charge in [-0.1, -0.05) is 19.0 Å². The average molecular weight is 182 g/mol. The average Bonchev–Trinajstić information content (AvgIpc) is 2.50. The van der Waals surface area contributed by atoms with E-state index in [1.807, 2.05) is 13.8 Å². The van der Waals surface area contributed by atoms with Crippen LogP contribution in [0.2, 0.25) is 0 Å². The number of hydrogen-bond acceptors (Lipinski definition) is 4. The third-order valence-corrected chi connectivity index (χ3v) is 1.76. The number of carbonyl (C=O) groups is 1. The lowest BCUT2D eigenvalue weighted by atomic mass is 10.1. The lowest BCUT2D eigenvalue weighted by molar-refractivity contribution is 0.0959.